The summed E-state index contributed by atoms with van der Waals surface area (Å²) in [6.45, 7) is 0. The van der Waals surface area contributed by atoms with Gasteiger partial charge >= 0.3 is 5.97 Å². The summed E-state index contributed by atoms with van der Waals surface area (Å²) in [5.41, 5.74) is 0.0248. The number of carboxylic acids is 1. The van der Waals surface area contributed by atoms with Crippen LogP contribution in [-0.4, -0.2) is 21.0 Å². The van der Waals surface area contributed by atoms with Crippen molar-refractivity contribution in [1.29, 1.82) is 0 Å². The fourth-order valence-electron chi connectivity index (χ4n) is 1.41. The molecule has 0 atom stereocenters. The molecule has 1 aromatic heterocycles. The largest absolute Gasteiger partial charge is 0.478 e. The molecule has 0 aliphatic carbocycles. The number of carbonyl (C=O) groups is 1. The molecule has 2 aromatic rings. The average Bonchev–Trinajstić information content (AvgIpc) is 2.39. The summed E-state index contributed by atoms with van der Waals surface area (Å²) in [5, 5.41) is 20.0. The maximum atomic E-state index is 11.0. The van der Waals surface area contributed by atoms with Gasteiger partial charge in [-0.15, -0.1) is 0 Å². The molecule has 0 saturated heterocycles. The first-order valence-electron chi connectivity index (χ1n) is 5.18. The number of nitro groups is 1. The molecular formula is C12H8N2O4S. The molecule has 19 heavy (non-hydrogen) atoms. The summed E-state index contributed by atoms with van der Waals surface area (Å²) in [5.74, 6) is -1.08. The number of nitrogens with zero attached hydrogens (tertiary/aromatic N) is 2. The third-order valence-electron chi connectivity index (χ3n) is 2.24. The van der Waals surface area contributed by atoms with E-state index in [1.54, 1.807) is 12.1 Å². The lowest BCUT2D eigenvalue weighted by molar-refractivity contribution is -0.385. The molecule has 7 heteroatoms. The van der Waals surface area contributed by atoms with Crippen molar-refractivity contribution in [3.05, 3.63) is 58.3 Å². The number of pyridine rings is 1. The lowest BCUT2D eigenvalue weighted by Crippen LogP contribution is -2.00. The molecular weight excluding hydrogens is 268 g/mol. The van der Waals surface area contributed by atoms with Gasteiger partial charge in [0, 0.05) is 23.2 Å². The molecule has 2 rings (SSSR count). The lowest BCUT2D eigenvalue weighted by atomic mass is 10.3. The molecule has 0 amide bonds. The molecule has 1 heterocycles. The van der Waals surface area contributed by atoms with Gasteiger partial charge in [0.2, 0.25) is 0 Å². The Kier molecular flexibility index (Phi) is 3.76. The van der Waals surface area contributed by atoms with Gasteiger partial charge in [-0.2, -0.15) is 0 Å². The Morgan fingerprint density at radius 2 is 2.11 bits per heavy atom. The van der Waals surface area contributed by atoms with Crippen molar-refractivity contribution in [3.8, 4) is 0 Å². The number of carboxylic acid groups (broad SMARTS) is 1. The van der Waals surface area contributed by atoms with Crippen LogP contribution in [0.5, 0.6) is 0 Å². The molecule has 0 bridgehead atoms. The maximum Gasteiger partial charge on any atom is 0.338 e. The first kappa shape index (κ1) is 13.0. The van der Waals surface area contributed by atoms with E-state index in [2.05, 4.69) is 4.98 Å². The van der Waals surface area contributed by atoms with Gasteiger partial charge in [-0.25, -0.2) is 9.78 Å². The van der Waals surface area contributed by atoms with Gasteiger partial charge < -0.3 is 5.11 Å². The van der Waals surface area contributed by atoms with Crippen molar-refractivity contribution in [2.45, 2.75) is 9.92 Å². The van der Waals surface area contributed by atoms with E-state index < -0.39 is 10.9 Å². The minimum Gasteiger partial charge on any atom is -0.478 e. The summed E-state index contributed by atoms with van der Waals surface area (Å²) in [6, 6.07) is 8.93. The molecule has 6 nitrogen and oxygen atoms in total. The van der Waals surface area contributed by atoms with E-state index in [4.69, 9.17) is 5.11 Å². The predicted octanol–water partition coefficient (Wildman–Crippen LogP) is 2.84. The van der Waals surface area contributed by atoms with Crippen molar-refractivity contribution in [2.24, 2.45) is 0 Å². The Hall–Kier alpha value is -2.41. The van der Waals surface area contributed by atoms with E-state index in [0.717, 1.165) is 11.8 Å². The van der Waals surface area contributed by atoms with Crippen molar-refractivity contribution in [3.63, 3.8) is 0 Å². The summed E-state index contributed by atoms with van der Waals surface area (Å²) in [7, 11) is 0. The van der Waals surface area contributed by atoms with E-state index >= 15 is 0 Å². The number of aromatic nitrogens is 1. The highest BCUT2D eigenvalue weighted by atomic mass is 32.2. The molecule has 0 spiro atoms. The highest BCUT2D eigenvalue weighted by Gasteiger charge is 2.13. The molecule has 0 radical (unpaired) electrons. The fourth-order valence-corrected chi connectivity index (χ4v) is 2.34. The predicted molar refractivity (Wildman–Crippen MR) is 68.4 cm³/mol. The van der Waals surface area contributed by atoms with Crippen molar-refractivity contribution >= 4 is 23.4 Å². The monoisotopic (exact) mass is 276 g/mol. The molecule has 0 aliphatic rings. The minimum atomic E-state index is -1.08. The normalized spacial score (nSPS) is 10.1. The standard InChI is InChI=1S/C12H8N2O4S/c15-12(16)10-5-2-6-13-11(10)19-9-4-1-3-8(7-9)14(17)18/h1-7H,(H,15,16). The number of non-ortho nitro benzene ring substituents is 1. The number of benzene rings is 1. The summed E-state index contributed by atoms with van der Waals surface area (Å²) < 4.78 is 0. The quantitative estimate of drug-likeness (QED) is 0.681. The van der Waals surface area contributed by atoms with Crippen LogP contribution in [-0.2, 0) is 0 Å². The van der Waals surface area contributed by atoms with Gasteiger partial charge in [0.25, 0.3) is 5.69 Å². The van der Waals surface area contributed by atoms with E-state index in [0.29, 0.717) is 9.92 Å². The van der Waals surface area contributed by atoms with Crippen LogP contribution >= 0.6 is 11.8 Å². The van der Waals surface area contributed by atoms with Crippen LogP contribution in [0.3, 0.4) is 0 Å². The number of rotatable bonds is 4. The Morgan fingerprint density at radius 3 is 2.79 bits per heavy atom. The molecule has 96 valence electrons. The topological polar surface area (TPSA) is 93.3 Å². The Labute approximate surface area is 112 Å². The Bertz CT molecular complexity index is 645. The SMILES string of the molecule is O=C(O)c1cccnc1Sc1cccc([N+](=O)[O-])c1. The van der Waals surface area contributed by atoms with Gasteiger partial charge in [-0.05, 0) is 18.2 Å². The molecule has 0 aliphatic heterocycles. The van der Waals surface area contributed by atoms with E-state index in [-0.39, 0.29) is 11.3 Å². The fraction of sp³-hybridized carbons (Fsp3) is 0. The van der Waals surface area contributed by atoms with E-state index in [1.165, 1.54) is 30.5 Å². The molecule has 1 aromatic carbocycles. The number of hydrogen-bond donors (Lipinski definition) is 1. The van der Waals surface area contributed by atoms with E-state index in [9.17, 15) is 14.9 Å². The molecule has 0 saturated carbocycles. The number of nitro benzene ring substituents is 1. The zero-order chi connectivity index (χ0) is 13.8. The summed E-state index contributed by atoms with van der Waals surface area (Å²) >= 11 is 1.08. The molecule has 0 unspecified atom stereocenters. The van der Waals surface area contributed by atoms with Crippen LogP contribution in [0.25, 0.3) is 0 Å². The number of hydrogen-bond acceptors (Lipinski definition) is 5. The van der Waals surface area contributed by atoms with E-state index in [1.807, 2.05) is 0 Å². The van der Waals surface area contributed by atoms with Crippen LogP contribution in [0.2, 0.25) is 0 Å². The highest BCUT2D eigenvalue weighted by Crippen LogP contribution is 2.30. The van der Waals surface area contributed by atoms with Gasteiger partial charge in [0.15, 0.2) is 0 Å². The second kappa shape index (κ2) is 5.49. The summed E-state index contributed by atoms with van der Waals surface area (Å²) in [6.07, 6.45) is 1.48. The smallest absolute Gasteiger partial charge is 0.338 e. The van der Waals surface area contributed by atoms with Crippen LogP contribution in [0, 0.1) is 10.1 Å². The second-order valence-electron chi connectivity index (χ2n) is 3.52. The summed E-state index contributed by atoms with van der Waals surface area (Å²) in [4.78, 5) is 25.7. The lowest BCUT2D eigenvalue weighted by Gasteiger charge is -2.04. The second-order valence-corrected chi connectivity index (χ2v) is 4.58. The third kappa shape index (κ3) is 3.08. The number of aromatic carboxylic acids is 1. The minimum absolute atomic E-state index is 0.0437. The van der Waals surface area contributed by atoms with Crippen molar-refractivity contribution < 1.29 is 14.8 Å². The van der Waals surface area contributed by atoms with Gasteiger partial charge in [-0.3, -0.25) is 10.1 Å². The van der Waals surface area contributed by atoms with Crippen LogP contribution < -0.4 is 0 Å². The van der Waals surface area contributed by atoms with Gasteiger partial charge in [0.1, 0.15) is 5.03 Å². The zero-order valence-electron chi connectivity index (χ0n) is 9.52. The third-order valence-corrected chi connectivity index (χ3v) is 3.25. The Balaban J connectivity index is 2.34. The highest BCUT2D eigenvalue weighted by molar-refractivity contribution is 7.99. The maximum absolute atomic E-state index is 11.0. The molecule has 1 N–H and O–H groups in total. The molecule has 0 fully saturated rings. The first-order valence-corrected chi connectivity index (χ1v) is 6.00. The van der Waals surface area contributed by atoms with Gasteiger partial charge in [-0.1, -0.05) is 17.8 Å². The first-order chi connectivity index (χ1) is 9.08. The van der Waals surface area contributed by atoms with Crippen molar-refractivity contribution in [2.75, 3.05) is 0 Å². The van der Waals surface area contributed by atoms with Crippen molar-refractivity contribution in [1.82, 2.24) is 4.98 Å². The average molecular weight is 276 g/mol. The van der Waals surface area contributed by atoms with Crippen LogP contribution in [0.4, 0.5) is 5.69 Å². The van der Waals surface area contributed by atoms with Crippen LogP contribution in [0.15, 0.2) is 52.5 Å². The Morgan fingerprint density at radius 1 is 1.32 bits per heavy atom. The van der Waals surface area contributed by atoms with Crippen LogP contribution in [0.1, 0.15) is 10.4 Å². The zero-order valence-corrected chi connectivity index (χ0v) is 10.3. The van der Waals surface area contributed by atoms with Gasteiger partial charge in [0.05, 0.1) is 10.5 Å².